The van der Waals surface area contributed by atoms with Crippen molar-refractivity contribution < 1.29 is 4.79 Å². The number of carbonyl (C=O) groups is 1. The first-order chi connectivity index (χ1) is 8.49. The molecule has 0 unspecified atom stereocenters. The zero-order valence-electron chi connectivity index (χ0n) is 11.3. The Balaban J connectivity index is 2.36. The van der Waals surface area contributed by atoms with Crippen LogP contribution in [-0.2, 0) is 11.2 Å². The van der Waals surface area contributed by atoms with Gasteiger partial charge in [-0.15, -0.1) is 0 Å². The van der Waals surface area contributed by atoms with Crippen LogP contribution in [0.25, 0.3) is 5.65 Å². The van der Waals surface area contributed by atoms with Gasteiger partial charge in [-0.1, -0.05) is 6.07 Å². The molecule has 0 radical (unpaired) electrons. The first-order valence-corrected chi connectivity index (χ1v) is 6.21. The number of aromatic nitrogens is 2. The zero-order chi connectivity index (χ0) is 13.3. The number of hydrogen-bond donors (Lipinski definition) is 1. The minimum Gasteiger partial charge on any atom is -0.354 e. The van der Waals surface area contributed by atoms with E-state index in [1.807, 2.05) is 50.4 Å². The summed E-state index contributed by atoms with van der Waals surface area (Å²) in [5, 5.41) is 2.91. The summed E-state index contributed by atoms with van der Waals surface area (Å²) in [5.41, 5.74) is 3.94. The van der Waals surface area contributed by atoms with Gasteiger partial charge >= 0.3 is 0 Å². The smallest absolute Gasteiger partial charge is 0.226 e. The molecule has 4 nitrogen and oxygen atoms in total. The molecular formula is C14H19N3O. The number of rotatable bonds is 3. The molecule has 0 atom stereocenters. The average molecular weight is 245 g/mol. The second-order valence-electron chi connectivity index (χ2n) is 4.93. The van der Waals surface area contributed by atoms with Crippen LogP contribution >= 0.6 is 0 Å². The monoisotopic (exact) mass is 245 g/mol. The highest BCUT2D eigenvalue weighted by molar-refractivity contribution is 5.79. The van der Waals surface area contributed by atoms with E-state index in [9.17, 15) is 4.79 Å². The summed E-state index contributed by atoms with van der Waals surface area (Å²) >= 11 is 0. The number of hydrogen-bond acceptors (Lipinski definition) is 2. The van der Waals surface area contributed by atoms with Crippen LogP contribution in [0.3, 0.4) is 0 Å². The van der Waals surface area contributed by atoms with Gasteiger partial charge in [0.2, 0.25) is 5.91 Å². The van der Waals surface area contributed by atoms with Crippen molar-refractivity contribution in [1.29, 1.82) is 0 Å². The quantitative estimate of drug-likeness (QED) is 0.899. The van der Waals surface area contributed by atoms with Crippen LogP contribution < -0.4 is 5.32 Å². The maximum Gasteiger partial charge on any atom is 0.226 e. The molecule has 4 heteroatoms. The van der Waals surface area contributed by atoms with Crippen LogP contribution in [0.2, 0.25) is 0 Å². The summed E-state index contributed by atoms with van der Waals surface area (Å²) in [5.74, 6) is 0.0383. The van der Waals surface area contributed by atoms with Crippen molar-refractivity contribution in [2.24, 2.45) is 0 Å². The van der Waals surface area contributed by atoms with E-state index in [0.717, 1.165) is 22.6 Å². The van der Waals surface area contributed by atoms with Gasteiger partial charge in [-0.05, 0) is 39.3 Å². The van der Waals surface area contributed by atoms with Gasteiger partial charge < -0.3 is 9.72 Å². The van der Waals surface area contributed by atoms with Gasteiger partial charge in [-0.3, -0.25) is 4.79 Å². The fraction of sp³-hybridized carbons (Fsp3) is 0.429. The molecule has 96 valence electrons. The molecule has 0 aliphatic rings. The van der Waals surface area contributed by atoms with Crippen LogP contribution in [0.1, 0.15) is 30.8 Å². The molecule has 0 aliphatic heterocycles. The second kappa shape index (κ2) is 4.80. The van der Waals surface area contributed by atoms with Crippen LogP contribution in [0, 0.1) is 13.8 Å². The van der Waals surface area contributed by atoms with Gasteiger partial charge in [0, 0.05) is 12.2 Å². The lowest BCUT2D eigenvalue weighted by Gasteiger charge is -2.08. The van der Waals surface area contributed by atoms with Gasteiger partial charge in [0.25, 0.3) is 0 Å². The summed E-state index contributed by atoms with van der Waals surface area (Å²) in [6.45, 7) is 7.90. The van der Waals surface area contributed by atoms with E-state index in [-0.39, 0.29) is 11.9 Å². The number of fused-ring (bicyclic) bond motifs is 1. The van der Waals surface area contributed by atoms with Crippen molar-refractivity contribution in [3.05, 3.63) is 35.3 Å². The molecule has 18 heavy (non-hydrogen) atoms. The number of nitrogens with one attached hydrogen (secondary N) is 1. The molecule has 1 amide bonds. The molecule has 0 aliphatic carbocycles. The molecule has 0 saturated carbocycles. The van der Waals surface area contributed by atoms with Crippen molar-refractivity contribution in [1.82, 2.24) is 14.7 Å². The lowest BCUT2D eigenvalue weighted by Crippen LogP contribution is -2.31. The molecule has 1 N–H and O–H groups in total. The summed E-state index contributed by atoms with van der Waals surface area (Å²) in [6, 6.07) is 4.17. The van der Waals surface area contributed by atoms with E-state index in [1.165, 1.54) is 0 Å². The highest BCUT2D eigenvalue weighted by atomic mass is 16.1. The average Bonchev–Trinajstić information content (AvgIpc) is 2.57. The van der Waals surface area contributed by atoms with Gasteiger partial charge in [-0.25, -0.2) is 4.98 Å². The zero-order valence-corrected chi connectivity index (χ0v) is 11.3. The van der Waals surface area contributed by atoms with Gasteiger partial charge in [0.05, 0.1) is 17.8 Å². The van der Waals surface area contributed by atoms with E-state index in [4.69, 9.17) is 0 Å². The molecule has 0 saturated heterocycles. The van der Waals surface area contributed by atoms with E-state index in [2.05, 4.69) is 10.3 Å². The van der Waals surface area contributed by atoms with Crippen molar-refractivity contribution in [3.8, 4) is 0 Å². The SMILES string of the molecule is Cc1nc2c(C)cccn2c1CC(=O)NC(C)C. The van der Waals surface area contributed by atoms with Crippen LogP contribution in [-0.4, -0.2) is 21.3 Å². The minimum atomic E-state index is 0.0383. The Bertz CT molecular complexity index is 584. The van der Waals surface area contributed by atoms with E-state index >= 15 is 0 Å². The molecule has 2 rings (SSSR count). The summed E-state index contributed by atoms with van der Waals surface area (Å²) in [7, 11) is 0. The van der Waals surface area contributed by atoms with Crippen molar-refractivity contribution in [3.63, 3.8) is 0 Å². The van der Waals surface area contributed by atoms with Gasteiger partial charge in [0.15, 0.2) is 0 Å². The van der Waals surface area contributed by atoms with E-state index in [0.29, 0.717) is 6.42 Å². The van der Waals surface area contributed by atoms with Gasteiger partial charge in [0.1, 0.15) is 5.65 Å². The number of nitrogens with zero attached hydrogens (tertiary/aromatic N) is 2. The van der Waals surface area contributed by atoms with Crippen LogP contribution in [0.5, 0.6) is 0 Å². The fourth-order valence-corrected chi connectivity index (χ4v) is 2.10. The van der Waals surface area contributed by atoms with Crippen LogP contribution in [0.15, 0.2) is 18.3 Å². The first kappa shape index (κ1) is 12.6. The van der Waals surface area contributed by atoms with Gasteiger partial charge in [-0.2, -0.15) is 0 Å². The highest BCUT2D eigenvalue weighted by Gasteiger charge is 2.13. The van der Waals surface area contributed by atoms with E-state index < -0.39 is 0 Å². The van der Waals surface area contributed by atoms with Crippen molar-refractivity contribution >= 4 is 11.6 Å². The molecule has 0 fully saturated rings. The third-order valence-electron chi connectivity index (χ3n) is 2.92. The number of pyridine rings is 1. The molecule has 0 spiro atoms. The third kappa shape index (κ3) is 2.37. The summed E-state index contributed by atoms with van der Waals surface area (Å²) < 4.78 is 2.00. The Morgan fingerprint density at radius 3 is 2.83 bits per heavy atom. The topological polar surface area (TPSA) is 46.4 Å². The standard InChI is InChI=1S/C14H19N3O/c1-9(2)15-13(18)8-12-11(4)16-14-10(3)6-5-7-17(12)14/h5-7,9H,8H2,1-4H3,(H,15,18). The molecule has 0 bridgehead atoms. The predicted molar refractivity (Wildman–Crippen MR) is 71.6 cm³/mol. The Labute approximate surface area is 107 Å². The predicted octanol–water partition coefficient (Wildman–Crippen LogP) is 2.02. The minimum absolute atomic E-state index is 0.0383. The fourth-order valence-electron chi connectivity index (χ4n) is 2.10. The number of amides is 1. The lowest BCUT2D eigenvalue weighted by molar-refractivity contribution is -0.121. The van der Waals surface area contributed by atoms with E-state index in [1.54, 1.807) is 0 Å². The maximum atomic E-state index is 11.8. The molecule has 0 aromatic carbocycles. The number of aryl methyl sites for hydroxylation is 2. The molecule has 2 aromatic rings. The second-order valence-corrected chi connectivity index (χ2v) is 4.93. The Hall–Kier alpha value is -1.84. The largest absolute Gasteiger partial charge is 0.354 e. The third-order valence-corrected chi connectivity index (χ3v) is 2.92. The Morgan fingerprint density at radius 2 is 2.17 bits per heavy atom. The number of imidazole rings is 1. The summed E-state index contributed by atoms with van der Waals surface area (Å²) in [4.78, 5) is 16.4. The molecule has 2 heterocycles. The highest BCUT2D eigenvalue weighted by Crippen LogP contribution is 2.15. The molecule has 2 aromatic heterocycles. The summed E-state index contributed by atoms with van der Waals surface area (Å²) in [6.07, 6.45) is 2.33. The van der Waals surface area contributed by atoms with Crippen molar-refractivity contribution in [2.75, 3.05) is 0 Å². The first-order valence-electron chi connectivity index (χ1n) is 6.21. The normalized spacial score (nSPS) is 11.2. The lowest BCUT2D eigenvalue weighted by atomic mass is 10.2. The van der Waals surface area contributed by atoms with Crippen LogP contribution in [0.4, 0.5) is 0 Å². The number of carbonyl (C=O) groups excluding carboxylic acids is 1. The van der Waals surface area contributed by atoms with Crippen molar-refractivity contribution in [2.45, 2.75) is 40.2 Å². The Kier molecular flexibility index (Phi) is 3.36. The Morgan fingerprint density at radius 1 is 1.44 bits per heavy atom. The maximum absolute atomic E-state index is 11.8. The molecular weight excluding hydrogens is 226 g/mol.